The molecular formula is C23H30N4O4. The summed E-state index contributed by atoms with van der Waals surface area (Å²) >= 11 is 0. The number of carbonyl (C=O) groups excluding carboxylic acids is 4. The van der Waals surface area contributed by atoms with Gasteiger partial charge in [0.1, 0.15) is 5.54 Å². The molecule has 1 saturated carbocycles. The van der Waals surface area contributed by atoms with E-state index >= 15 is 0 Å². The lowest BCUT2D eigenvalue weighted by atomic mass is 9.76. The molecule has 2 aliphatic heterocycles. The van der Waals surface area contributed by atoms with Crippen molar-refractivity contribution in [3.05, 3.63) is 35.9 Å². The van der Waals surface area contributed by atoms with Crippen molar-refractivity contribution >= 4 is 23.8 Å². The van der Waals surface area contributed by atoms with Gasteiger partial charge in [0, 0.05) is 32.1 Å². The normalized spacial score (nSPS) is 26.6. The quantitative estimate of drug-likeness (QED) is 0.714. The number of piperazine rings is 1. The molecule has 31 heavy (non-hydrogen) atoms. The zero-order valence-corrected chi connectivity index (χ0v) is 18.1. The molecule has 0 atom stereocenters. The maximum Gasteiger partial charge on any atom is 0.322 e. The van der Waals surface area contributed by atoms with Gasteiger partial charge in [0.15, 0.2) is 0 Å². The number of nitrogens with one attached hydrogen (secondary N) is 2. The summed E-state index contributed by atoms with van der Waals surface area (Å²) in [5.41, 5.74) is -0.475. The van der Waals surface area contributed by atoms with Crippen LogP contribution in [-0.4, -0.2) is 65.3 Å². The minimum Gasteiger partial charge on any atom is -0.339 e. The van der Waals surface area contributed by atoms with Crippen LogP contribution in [0.2, 0.25) is 0 Å². The largest absolute Gasteiger partial charge is 0.339 e. The van der Waals surface area contributed by atoms with Gasteiger partial charge in [-0.3, -0.25) is 19.7 Å². The third kappa shape index (κ3) is 3.91. The SMILES string of the molecule is CC(C)(C(=O)N1CCN(C(=O)C2CCC3(CC2)NC(=O)NC3=O)CC1)c1ccccc1. The number of amides is 5. The Balaban J connectivity index is 1.31. The van der Waals surface area contributed by atoms with Crippen molar-refractivity contribution in [2.24, 2.45) is 5.92 Å². The third-order valence-corrected chi connectivity index (χ3v) is 7.11. The number of nitrogens with zero attached hydrogens (tertiary/aromatic N) is 2. The Morgan fingerprint density at radius 1 is 0.968 bits per heavy atom. The highest BCUT2D eigenvalue weighted by molar-refractivity contribution is 6.07. The molecule has 0 radical (unpaired) electrons. The van der Waals surface area contributed by atoms with Crippen LogP contribution >= 0.6 is 0 Å². The molecule has 2 saturated heterocycles. The maximum atomic E-state index is 13.1. The third-order valence-electron chi connectivity index (χ3n) is 7.11. The van der Waals surface area contributed by atoms with Gasteiger partial charge in [-0.05, 0) is 45.1 Å². The Morgan fingerprint density at radius 3 is 2.10 bits per heavy atom. The van der Waals surface area contributed by atoms with E-state index in [1.807, 2.05) is 54.0 Å². The number of imide groups is 1. The average molecular weight is 427 g/mol. The van der Waals surface area contributed by atoms with Gasteiger partial charge in [-0.25, -0.2) is 4.79 Å². The predicted molar refractivity (Wildman–Crippen MR) is 114 cm³/mol. The highest BCUT2D eigenvalue weighted by atomic mass is 16.2. The number of hydrogen-bond donors (Lipinski definition) is 2. The number of rotatable bonds is 3. The van der Waals surface area contributed by atoms with Crippen molar-refractivity contribution < 1.29 is 19.2 Å². The standard InChI is InChI=1S/C23H30N4O4/c1-22(2,17-6-4-3-5-7-17)20(30)27-14-12-26(13-15-27)18(28)16-8-10-23(11-9-16)19(29)24-21(31)25-23/h3-7,16H,8-15H2,1-2H3,(H2,24,25,29,31). The molecule has 4 rings (SSSR count). The van der Waals surface area contributed by atoms with Gasteiger partial charge < -0.3 is 15.1 Å². The first kappa shape index (κ1) is 21.3. The van der Waals surface area contributed by atoms with Crippen molar-refractivity contribution in [2.45, 2.75) is 50.5 Å². The van der Waals surface area contributed by atoms with Crippen LogP contribution in [0.3, 0.4) is 0 Å². The number of benzene rings is 1. The average Bonchev–Trinajstić information content (AvgIpc) is 3.06. The monoisotopic (exact) mass is 426 g/mol. The molecule has 1 aromatic rings. The van der Waals surface area contributed by atoms with Crippen molar-refractivity contribution in [1.82, 2.24) is 20.4 Å². The molecule has 166 valence electrons. The van der Waals surface area contributed by atoms with Crippen molar-refractivity contribution in [3.63, 3.8) is 0 Å². The topological polar surface area (TPSA) is 98.8 Å². The van der Waals surface area contributed by atoms with Gasteiger partial charge >= 0.3 is 6.03 Å². The number of hydrogen-bond acceptors (Lipinski definition) is 4. The molecule has 3 aliphatic rings. The zero-order chi connectivity index (χ0) is 22.2. The molecule has 8 nitrogen and oxygen atoms in total. The van der Waals surface area contributed by atoms with E-state index in [0.29, 0.717) is 51.9 Å². The van der Waals surface area contributed by atoms with Crippen LogP contribution in [0.25, 0.3) is 0 Å². The van der Waals surface area contributed by atoms with Gasteiger partial charge in [-0.1, -0.05) is 30.3 Å². The van der Waals surface area contributed by atoms with Gasteiger partial charge in [0.05, 0.1) is 5.41 Å². The van der Waals surface area contributed by atoms with Crippen molar-refractivity contribution in [1.29, 1.82) is 0 Å². The van der Waals surface area contributed by atoms with E-state index < -0.39 is 17.0 Å². The second-order valence-electron chi connectivity index (χ2n) is 9.37. The Bertz CT molecular complexity index is 882. The minimum absolute atomic E-state index is 0.0772. The fraction of sp³-hybridized carbons (Fsp3) is 0.565. The minimum atomic E-state index is -0.845. The van der Waals surface area contributed by atoms with E-state index in [1.165, 1.54) is 0 Å². The first-order valence-corrected chi connectivity index (χ1v) is 11.0. The summed E-state index contributed by atoms with van der Waals surface area (Å²) in [4.78, 5) is 53.5. The Labute approximate surface area is 182 Å². The zero-order valence-electron chi connectivity index (χ0n) is 18.1. The lowest BCUT2D eigenvalue weighted by molar-refractivity contribution is -0.145. The van der Waals surface area contributed by atoms with E-state index in [-0.39, 0.29) is 23.6 Å². The molecule has 3 fully saturated rings. The molecule has 8 heteroatoms. The van der Waals surface area contributed by atoms with E-state index in [1.54, 1.807) is 0 Å². The lowest BCUT2D eigenvalue weighted by Gasteiger charge is -2.41. The summed E-state index contributed by atoms with van der Waals surface area (Å²) in [6.07, 6.45) is 2.11. The fourth-order valence-corrected chi connectivity index (χ4v) is 5.00. The summed E-state index contributed by atoms with van der Waals surface area (Å²) < 4.78 is 0. The molecule has 1 aliphatic carbocycles. The van der Waals surface area contributed by atoms with Crippen LogP contribution in [-0.2, 0) is 19.8 Å². The summed E-state index contributed by atoms with van der Waals surface area (Å²) in [7, 11) is 0. The lowest BCUT2D eigenvalue weighted by Crippen LogP contribution is -2.56. The second kappa shape index (κ2) is 7.98. The van der Waals surface area contributed by atoms with Crippen LogP contribution in [0.15, 0.2) is 30.3 Å². The Kier molecular flexibility index (Phi) is 5.49. The molecular weight excluding hydrogens is 396 g/mol. The summed E-state index contributed by atoms with van der Waals surface area (Å²) in [6.45, 7) is 5.98. The van der Waals surface area contributed by atoms with Crippen LogP contribution in [0.4, 0.5) is 4.79 Å². The number of urea groups is 1. The van der Waals surface area contributed by atoms with Gasteiger partial charge in [0.25, 0.3) is 5.91 Å². The first-order valence-electron chi connectivity index (χ1n) is 11.0. The predicted octanol–water partition coefficient (Wildman–Crippen LogP) is 1.40. The summed E-state index contributed by atoms with van der Waals surface area (Å²) in [5.74, 6) is -0.252. The maximum absolute atomic E-state index is 13.1. The molecule has 0 bridgehead atoms. The van der Waals surface area contributed by atoms with Crippen LogP contribution in [0, 0.1) is 5.92 Å². The summed E-state index contributed by atoms with van der Waals surface area (Å²) in [6, 6.07) is 9.32. The van der Waals surface area contributed by atoms with E-state index in [2.05, 4.69) is 10.6 Å². The molecule has 2 N–H and O–H groups in total. The second-order valence-corrected chi connectivity index (χ2v) is 9.37. The van der Waals surface area contributed by atoms with E-state index in [0.717, 1.165) is 5.56 Å². The highest BCUT2D eigenvalue weighted by Gasteiger charge is 2.49. The molecule has 1 aromatic carbocycles. The van der Waals surface area contributed by atoms with Crippen LogP contribution < -0.4 is 10.6 Å². The molecule has 0 unspecified atom stereocenters. The smallest absolute Gasteiger partial charge is 0.322 e. The molecule has 0 aromatic heterocycles. The Morgan fingerprint density at radius 2 is 1.55 bits per heavy atom. The van der Waals surface area contributed by atoms with E-state index in [4.69, 9.17) is 0 Å². The first-order chi connectivity index (χ1) is 14.7. The molecule has 5 amide bonds. The fourth-order valence-electron chi connectivity index (χ4n) is 5.00. The molecule has 2 heterocycles. The number of carbonyl (C=O) groups is 4. The molecule has 1 spiro atoms. The Hall–Kier alpha value is -2.90. The summed E-state index contributed by atoms with van der Waals surface area (Å²) in [5, 5.41) is 5.04. The highest BCUT2D eigenvalue weighted by Crippen LogP contribution is 2.35. The van der Waals surface area contributed by atoms with E-state index in [9.17, 15) is 19.2 Å². The van der Waals surface area contributed by atoms with Gasteiger partial charge in [-0.15, -0.1) is 0 Å². The van der Waals surface area contributed by atoms with Gasteiger partial charge in [0.2, 0.25) is 11.8 Å². The van der Waals surface area contributed by atoms with Crippen LogP contribution in [0.1, 0.15) is 45.1 Å². The van der Waals surface area contributed by atoms with Crippen molar-refractivity contribution in [3.8, 4) is 0 Å². The van der Waals surface area contributed by atoms with Crippen molar-refractivity contribution in [2.75, 3.05) is 26.2 Å². The van der Waals surface area contributed by atoms with Crippen LogP contribution in [0.5, 0.6) is 0 Å². The van der Waals surface area contributed by atoms with Gasteiger partial charge in [-0.2, -0.15) is 0 Å².